The summed E-state index contributed by atoms with van der Waals surface area (Å²) in [6.45, 7) is 0. The van der Waals surface area contributed by atoms with Gasteiger partial charge in [0.25, 0.3) is 10.0 Å². The van der Waals surface area contributed by atoms with Crippen LogP contribution in [0.5, 0.6) is 5.75 Å². The summed E-state index contributed by atoms with van der Waals surface area (Å²) in [4.78, 5) is -0.0885. The number of sulfonamides is 1. The summed E-state index contributed by atoms with van der Waals surface area (Å²) in [7, 11) is -3.90. The molecule has 0 spiro atoms. The predicted molar refractivity (Wildman–Crippen MR) is 83.1 cm³/mol. The SMILES string of the molecule is O=S(=O)(Nc1cc(Br)ccc1O)c1cc(Cl)cc(Cl)c1. The molecule has 2 aromatic carbocycles. The molecule has 0 atom stereocenters. The number of halogens is 3. The zero-order valence-corrected chi connectivity index (χ0v) is 13.7. The van der Waals surface area contributed by atoms with Crippen LogP contribution in [-0.4, -0.2) is 13.5 Å². The van der Waals surface area contributed by atoms with Crippen LogP contribution >= 0.6 is 39.1 Å². The van der Waals surface area contributed by atoms with Crippen LogP contribution in [0.15, 0.2) is 45.8 Å². The average molecular weight is 397 g/mol. The highest BCUT2D eigenvalue weighted by Crippen LogP contribution is 2.30. The highest BCUT2D eigenvalue weighted by atomic mass is 79.9. The molecule has 2 N–H and O–H groups in total. The zero-order chi connectivity index (χ0) is 14.9. The maximum atomic E-state index is 12.2. The summed E-state index contributed by atoms with van der Waals surface area (Å²) in [5, 5.41) is 10.1. The molecule has 0 saturated heterocycles. The minimum Gasteiger partial charge on any atom is -0.506 e. The quantitative estimate of drug-likeness (QED) is 0.761. The predicted octanol–water partition coefficient (Wildman–Crippen LogP) is 4.26. The normalized spacial score (nSPS) is 11.3. The average Bonchev–Trinajstić information content (AvgIpc) is 2.32. The zero-order valence-electron chi connectivity index (χ0n) is 9.77. The van der Waals surface area contributed by atoms with Crippen LogP contribution < -0.4 is 4.72 Å². The van der Waals surface area contributed by atoms with Gasteiger partial charge in [0, 0.05) is 14.5 Å². The number of phenols is 1. The van der Waals surface area contributed by atoms with E-state index in [0.717, 1.165) is 0 Å². The summed E-state index contributed by atoms with van der Waals surface area (Å²) < 4.78 is 27.3. The second-order valence-electron chi connectivity index (χ2n) is 3.87. The van der Waals surface area contributed by atoms with Crippen molar-refractivity contribution in [2.24, 2.45) is 0 Å². The first-order chi connectivity index (χ1) is 9.28. The number of rotatable bonds is 3. The Kier molecular flexibility index (Phi) is 4.49. The van der Waals surface area contributed by atoms with Crippen molar-refractivity contribution in [2.75, 3.05) is 4.72 Å². The molecule has 0 fully saturated rings. The number of aromatic hydroxyl groups is 1. The lowest BCUT2D eigenvalue weighted by Gasteiger charge is -2.10. The Morgan fingerprint density at radius 2 is 1.65 bits per heavy atom. The molecular formula is C12H8BrCl2NO3S. The fourth-order valence-electron chi connectivity index (χ4n) is 1.48. The highest BCUT2D eigenvalue weighted by molar-refractivity contribution is 9.10. The van der Waals surface area contributed by atoms with Gasteiger partial charge < -0.3 is 5.11 Å². The van der Waals surface area contributed by atoms with E-state index in [2.05, 4.69) is 20.7 Å². The fourth-order valence-corrected chi connectivity index (χ4v) is 3.63. The summed E-state index contributed by atoms with van der Waals surface area (Å²) in [5.41, 5.74) is 0.0514. The first-order valence-electron chi connectivity index (χ1n) is 5.25. The number of hydrogen-bond donors (Lipinski definition) is 2. The van der Waals surface area contributed by atoms with Gasteiger partial charge >= 0.3 is 0 Å². The van der Waals surface area contributed by atoms with Gasteiger partial charge in [-0.15, -0.1) is 0 Å². The van der Waals surface area contributed by atoms with Gasteiger partial charge in [0.2, 0.25) is 0 Å². The van der Waals surface area contributed by atoms with Crippen LogP contribution in [0.1, 0.15) is 0 Å². The summed E-state index contributed by atoms with van der Waals surface area (Å²) in [6, 6.07) is 8.36. The van der Waals surface area contributed by atoms with E-state index < -0.39 is 10.0 Å². The van der Waals surface area contributed by atoms with E-state index in [1.807, 2.05) is 0 Å². The second kappa shape index (κ2) is 5.81. The van der Waals surface area contributed by atoms with Crippen molar-refractivity contribution in [3.05, 3.63) is 50.9 Å². The number of anilines is 1. The molecule has 0 aliphatic rings. The molecule has 20 heavy (non-hydrogen) atoms. The monoisotopic (exact) mass is 395 g/mol. The van der Waals surface area contributed by atoms with Gasteiger partial charge in [0.1, 0.15) is 5.75 Å². The smallest absolute Gasteiger partial charge is 0.262 e. The van der Waals surface area contributed by atoms with E-state index >= 15 is 0 Å². The maximum Gasteiger partial charge on any atom is 0.262 e. The molecule has 0 saturated carbocycles. The van der Waals surface area contributed by atoms with Crippen molar-refractivity contribution in [2.45, 2.75) is 4.90 Å². The van der Waals surface area contributed by atoms with Gasteiger partial charge in [-0.05, 0) is 36.4 Å². The van der Waals surface area contributed by atoms with Crippen LogP contribution in [0.3, 0.4) is 0 Å². The lowest BCUT2D eigenvalue weighted by atomic mass is 10.3. The van der Waals surface area contributed by atoms with Crippen molar-refractivity contribution >= 4 is 54.8 Å². The van der Waals surface area contributed by atoms with Gasteiger partial charge in [0.05, 0.1) is 10.6 Å². The lowest BCUT2D eigenvalue weighted by molar-refractivity contribution is 0.477. The Morgan fingerprint density at radius 3 is 2.25 bits per heavy atom. The minimum atomic E-state index is -3.90. The van der Waals surface area contributed by atoms with E-state index in [9.17, 15) is 13.5 Å². The number of nitrogens with one attached hydrogen (secondary N) is 1. The van der Waals surface area contributed by atoms with E-state index in [0.29, 0.717) is 4.47 Å². The van der Waals surface area contributed by atoms with Crippen molar-refractivity contribution < 1.29 is 13.5 Å². The van der Waals surface area contributed by atoms with Gasteiger partial charge in [-0.3, -0.25) is 4.72 Å². The molecule has 2 aromatic rings. The second-order valence-corrected chi connectivity index (χ2v) is 7.34. The molecule has 0 radical (unpaired) electrons. The first kappa shape index (κ1) is 15.4. The molecule has 2 rings (SSSR count). The molecule has 106 valence electrons. The fraction of sp³-hybridized carbons (Fsp3) is 0. The van der Waals surface area contributed by atoms with Crippen molar-refractivity contribution in [3.63, 3.8) is 0 Å². The van der Waals surface area contributed by atoms with Crippen LogP contribution in [0.25, 0.3) is 0 Å². The lowest BCUT2D eigenvalue weighted by Crippen LogP contribution is -2.13. The summed E-state index contributed by atoms with van der Waals surface area (Å²) in [5.74, 6) is -0.190. The molecule has 0 unspecified atom stereocenters. The Morgan fingerprint density at radius 1 is 1.05 bits per heavy atom. The molecule has 0 aromatic heterocycles. The highest BCUT2D eigenvalue weighted by Gasteiger charge is 2.17. The largest absolute Gasteiger partial charge is 0.506 e. The number of hydrogen-bond acceptors (Lipinski definition) is 3. The first-order valence-corrected chi connectivity index (χ1v) is 8.28. The Balaban J connectivity index is 2.43. The molecule has 0 heterocycles. The molecule has 0 amide bonds. The van der Waals surface area contributed by atoms with Gasteiger partial charge in [0.15, 0.2) is 0 Å². The van der Waals surface area contributed by atoms with Crippen LogP contribution in [-0.2, 0) is 10.0 Å². The molecule has 4 nitrogen and oxygen atoms in total. The van der Waals surface area contributed by atoms with Crippen molar-refractivity contribution in [3.8, 4) is 5.75 Å². The van der Waals surface area contributed by atoms with Gasteiger partial charge in [-0.2, -0.15) is 0 Å². The van der Waals surface area contributed by atoms with E-state index in [1.54, 1.807) is 6.07 Å². The molecule has 0 aliphatic heterocycles. The summed E-state index contributed by atoms with van der Waals surface area (Å²) >= 11 is 14.8. The van der Waals surface area contributed by atoms with E-state index in [-0.39, 0.29) is 26.4 Å². The third kappa shape index (κ3) is 3.58. The topological polar surface area (TPSA) is 66.4 Å². The number of phenolic OH excluding ortho intramolecular Hbond substituents is 1. The number of benzene rings is 2. The van der Waals surface area contributed by atoms with Crippen molar-refractivity contribution in [1.82, 2.24) is 0 Å². The molecule has 0 aliphatic carbocycles. The molecule has 8 heteroatoms. The third-order valence-electron chi connectivity index (χ3n) is 2.35. The summed E-state index contributed by atoms with van der Waals surface area (Å²) in [6.07, 6.45) is 0. The van der Waals surface area contributed by atoms with Crippen molar-refractivity contribution in [1.29, 1.82) is 0 Å². The molecule has 0 bridgehead atoms. The van der Waals surface area contributed by atoms with Crippen LogP contribution in [0.2, 0.25) is 10.0 Å². The standard InChI is InChI=1S/C12H8BrCl2NO3S/c13-7-1-2-12(17)11(3-7)16-20(18,19)10-5-8(14)4-9(15)6-10/h1-6,16-17H. The van der Waals surface area contributed by atoms with Crippen LogP contribution in [0.4, 0.5) is 5.69 Å². The van der Waals surface area contributed by atoms with Crippen LogP contribution in [0, 0.1) is 0 Å². The van der Waals surface area contributed by atoms with E-state index in [1.165, 1.54) is 30.3 Å². The third-order valence-corrected chi connectivity index (χ3v) is 4.62. The Hall–Kier alpha value is -0.950. The molecular weight excluding hydrogens is 389 g/mol. The van der Waals surface area contributed by atoms with Gasteiger partial charge in [-0.25, -0.2) is 8.42 Å². The Bertz CT molecular complexity index is 745. The minimum absolute atomic E-state index is 0.0514. The van der Waals surface area contributed by atoms with Gasteiger partial charge in [-0.1, -0.05) is 39.1 Å². The Labute approximate surface area is 134 Å². The van der Waals surface area contributed by atoms with E-state index in [4.69, 9.17) is 23.2 Å². The maximum absolute atomic E-state index is 12.2.